The topological polar surface area (TPSA) is 53.2 Å². The Hall–Kier alpha value is -1.55. The molecule has 0 saturated heterocycles. The molecule has 4 heteroatoms. The lowest BCUT2D eigenvalue weighted by atomic mass is 9.91. The number of hydrogen-bond donors (Lipinski definition) is 3. The van der Waals surface area contributed by atoms with Crippen LogP contribution in [0.2, 0.25) is 0 Å². The monoisotopic (exact) mass is 261 g/mol. The zero-order valence-corrected chi connectivity index (χ0v) is 11.5. The molecule has 104 valence electrons. The second kappa shape index (κ2) is 7.14. The first kappa shape index (κ1) is 13.9. The van der Waals surface area contributed by atoms with Crippen LogP contribution in [0, 0.1) is 0 Å². The maximum atomic E-state index is 11.9. The summed E-state index contributed by atoms with van der Waals surface area (Å²) < 4.78 is 0. The van der Waals surface area contributed by atoms with Crippen LogP contribution >= 0.6 is 0 Å². The highest BCUT2D eigenvalue weighted by atomic mass is 16.2. The van der Waals surface area contributed by atoms with Gasteiger partial charge in [0.1, 0.15) is 0 Å². The molecule has 0 aliphatic heterocycles. The predicted molar refractivity (Wildman–Crippen MR) is 78.3 cm³/mol. The third-order valence-electron chi connectivity index (χ3n) is 3.59. The molecule has 0 radical (unpaired) electrons. The van der Waals surface area contributed by atoms with E-state index in [1.54, 1.807) is 0 Å². The SMILES string of the molecule is CCNC1CCC(NC(=O)Nc2ccccc2)CC1. The molecule has 1 saturated carbocycles. The number of hydrogen-bond acceptors (Lipinski definition) is 2. The van der Waals surface area contributed by atoms with E-state index in [1.165, 1.54) is 0 Å². The predicted octanol–water partition coefficient (Wildman–Crippen LogP) is 2.73. The van der Waals surface area contributed by atoms with Crippen LogP contribution < -0.4 is 16.0 Å². The van der Waals surface area contributed by atoms with Crippen LogP contribution in [-0.4, -0.2) is 24.7 Å². The summed E-state index contributed by atoms with van der Waals surface area (Å²) in [7, 11) is 0. The van der Waals surface area contributed by atoms with Gasteiger partial charge in [0.25, 0.3) is 0 Å². The normalized spacial score (nSPS) is 22.8. The fourth-order valence-electron chi connectivity index (χ4n) is 2.60. The van der Waals surface area contributed by atoms with Gasteiger partial charge in [0.05, 0.1) is 0 Å². The van der Waals surface area contributed by atoms with E-state index < -0.39 is 0 Å². The number of amides is 2. The number of urea groups is 1. The maximum absolute atomic E-state index is 11.9. The third-order valence-corrected chi connectivity index (χ3v) is 3.59. The van der Waals surface area contributed by atoms with Crippen molar-refractivity contribution < 1.29 is 4.79 Å². The Morgan fingerprint density at radius 3 is 2.37 bits per heavy atom. The van der Waals surface area contributed by atoms with Crippen molar-refractivity contribution in [2.24, 2.45) is 0 Å². The Labute approximate surface area is 115 Å². The van der Waals surface area contributed by atoms with Gasteiger partial charge in [0, 0.05) is 17.8 Å². The molecule has 1 aliphatic rings. The molecule has 1 aliphatic carbocycles. The Bertz CT molecular complexity index is 386. The molecule has 0 aromatic heterocycles. The van der Waals surface area contributed by atoms with Crippen LogP contribution in [0.5, 0.6) is 0 Å². The number of carbonyl (C=O) groups is 1. The number of nitrogens with one attached hydrogen (secondary N) is 3. The fraction of sp³-hybridized carbons (Fsp3) is 0.533. The first-order valence-corrected chi connectivity index (χ1v) is 7.14. The highest BCUT2D eigenvalue weighted by Gasteiger charge is 2.21. The Morgan fingerprint density at radius 1 is 1.11 bits per heavy atom. The molecular formula is C15H23N3O. The molecule has 0 heterocycles. The summed E-state index contributed by atoms with van der Waals surface area (Å²) >= 11 is 0. The van der Waals surface area contributed by atoms with E-state index in [9.17, 15) is 4.79 Å². The van der Waals surface area contributed by atoms with E-state index in [2.05, 4.69) is 22.9 Å². The van der Waals surface area contributed by atoms with Crippen molar-refractivity contribution in [1.29, 1.82) is 0 Å². The van der Waals surface area contributed by atoms with Gasteiger partial charge < -0.3 is 16.0 Å². The minimum Gasteiger partial charge on any atom is -0.335 e. The Morgan fingerprint density at radius 2 is 1.74 bits per heavy atom. The van der Waals surface area contributed by atoms with Crippen molar-refractivity contribution >= 4 is 11.7 Å². The molecule has 2 amide bonds. The Kier molecular flexibility index (Phi) is 5.21. The van der Waals surface area contributed by atoms with Crippen molar-refractivity contribution in [3.05, 3.63) is 30.3 Å². The molecule has 0 atom stereocenters. The standard InChI is InChI=1S/C15H23N3O/c1-2-16-12-8-10-14(11-9-12)18-15(19)17-13-6-4-3-5-7-13/h3-7,12,14,16H,2,8-11H2,1H3,(H2,17,18,19). The van der Waals surface area contributed by atoms with Gasteiger partial charge in [-0.1, -0.05) is 25.1 Å². The van der Waals surface area contributed by atoms with E-state index >= 15 is 0 Å². The van der Waals surface area contributed by atoms with Crippen LogP contribution in [-0.2, 0) is 0 Å². The van der Waals surface area contributed by atoms with Crippen molar-refractivity contribution in [2.45, 2.75) is 44.7 Å². The summed E-state index contributed by atoms with van der Waals surface area (Å²) in [6, 6.07) is 10.4. The fourth-order valence-corrected chi connectivity index (χ4v) is 2.60. The van der Waals surface area contributed by atoms with Gasteiger partial charge >= 0.3 is 6.03 Å². The summed E-state index contributed by atoms with van der Waals surface area (Å²) in [5.74, 6) is 0. The molecule has 0 spiro atoms. The minimum absolute atomic E-state index is 0.0990. The highest BCUT2D eigenvalue weighted by molar-refractivity contribution is 5.89. The number of anilines is 1. The van der Waals surface area contributed by atoms with Crippen LogP contribution in [0.25, 0.3) is 0 Å². The third kappa shape index (κ3) is 4.56. The first-order chi connectivity index (χ1) is 9.28. The van der Waals surface area contributed by atoms with Crippen LogP contribution in [0.4, 0.5) is 10.5 Å². The van der Waals surface area contributed by atoms with Gasteiger partial charge in [0.2, 0.25) is 0 Å². The molecule has 0 unspecified atom stereocenters. The first-order valence-electron chi connectivity index (χ1n) is 7.14. The number of benzene rings is 1. The van der Waals surface area contributed by atoms with Gasteiger partial charge in [0.15, 0.2) is 0 Å². The lowest BCUT2D eigenvalue weighted by Gasteiger charge is -2.29. The molecular weight excluding hydrogens is 238 g/mol. The largest absolute Gasteiger partial charge is 0.335 e. The molecule has 0 bridgehead atoms. The summed E-state index contributed by atoms with van der Waals surface area (Å²) in [5.41, 5.74) is 0.835. The molecule has 1 fully saturated rings. The zero-order chi connectivity index (χ0) is 13.5. The molecule has 3 N–H and O–H groups in total. The second-order valence-corrected chi connectivity index (χ2v) is 5.07. The summed E-state index contributed by atoms with van der Waals surface area (Å²) in [6.07, 6.45) is 4.40. The highest BCUT2D eigenvalue weighted by Crippen LogP contribution is 2.18. The Balaban J connectivity index is 1.72. The van der Waals surface area contributed by atoms with E-state index in [4.69, 9.17) is 0 Å². The van der Waals surface area contributed by atoms with E-state index in [1.807, 2.05) is 30.3 Å². The van der Waals surface area contributed by atoms with E-state index in [0.29, 0.717) is 12.1 Å². The molecule has 19 heavy (non-hydrogen) atoms. The van der Waals surface area contributed by atoms with Crippen molar-refractivity contribution in [3.63, 3.8) is 0 Å². The number of para-hydroxylation sites is 1. The van der Waals surface area contributed by atoms with Gasteiger partial charge in [-0.25, -0.2) is 4.79 Å². The summed E-state index contributed by atoms with van der Waals surface area (Å²) in [6.45, 7) is 3.16. The molecule has 2 rings (SSSR count). The maximum Gasteiger partial charge on any atom is 0.319 e. The van der Waals surface area contributed by atoms with Crippen LogP contribution in [0.1, 0.15) is 32.6 Å². The van der Waals surface area contributed by atoms with Crippen molar-refractivity contribution in [2.75, 3.05) is 11.9 Å². The van der Waals surface area contributed by atoms with Crippen LogP contribution in [0.3, 0.4) is 0 Å². The average Bonchev–Trinajstić information content (AvgIpc) is 2.42. The minimum atomic E-state index is -0.0990. The lowest BCUT2D eigenvalue weighted by molar-refractivity contribution is 0.240. The number of carbonyl (C=O) groups excluding carboxylic acids is 1. The average molecular weight is 261 g/mol. The molecule has 1 aromatic rings. The van der Waals surface area contributed by atoms with Crippen molar-refractivity contribution in [3.8, 4) is 0 Å². The molecule has 1 aromatic carbocycles. The number of rotatable bonds is 4. The van der Waals surface area contributed by atoms with E-state index in [-0.39, 0.29) is 6.03 Å². The van der Waals surface area contributed by atoms with Gasteiger partial charge in [-0.15, -0.1) is 0 Å². The van der Waals surface area contributed by atoms with Gasteiger partial charge in [-0.05, 0) is 44.4 Å². The zero-order valence-electron chi connectivity index (χ0n) is 11.5. The molecule has 4 nitrogen and oxygen atoms in total. The lowest BCUT2D eigenvalue weighted by Crippen LogP contribution is -2.43. The second-order valence-electron chi connectivity index (χ2n) is 5.07. The quantitative estimate of drug-likeness (QED) is 0.780. The smallest absolute Gasteiger partial charge is 0.319 e. The van der Waals surface area contributed by atoms with Gasteiger partial charge in [-0.3, -0.25) is 0 Å². The van der Waals surface area contributed by atoms with Crippen LogP contribution in [0.15, 0.2) is 30.3 Å². The van der Waals surface area contributed by atoms with Gasteiger partial charge in [-0.2, -0.15) is 0 Å². The van der Waals surface area contributed by atoms with E-state index in [0.717, 1.165) is 37.9 Å². The summed E-state index contributed by atoms with van der Waals surface area (Å²) in [5, 5.41) is 9.38. The summed E-state index contributed by atoms with van der Waals surface area (Å²) in [4.78, 5) is 11.9. The van der Waals surface area contributed by atoms with Crippen molar-refractivity contribution in [1.82, 2.24) is 10.6 Å².